The van der Waals surface area contributed by atoms with Crippen molar-refractivity contribution in [3.63, 3.8) is 0 Å². The molecule has 10 nitrogen and oxygen atoms in total. The molecule has 6 rings (SSSR count). The molecular formula is C23H20N6O4. The van der Waals surface area contributed by atoms with Gasteiger partial charge in [-0.15, -0.1) is 0 Å². The molecule has 0 fully saturated rings. The van der Waals surface area contributed by atoms with Gasteiger partial charge in [0.25, 0.3) is 0 Å². The molecule has 1 atom stereocenters. The van der Waals surface area contributed by atoms with Crippen LogP contribution in [0.4, 0.5) is 4.79 Å². The molecule has 4 heterocycles. The van der Waals surface area contributed by atoms with Crippen LogP contribution in [0.5, 0.6) is 11.5 Å². The average Bonchev–Trinajstić information content (AvgIpc) is 3.62. The number of H-pyrrole nitrogens is 1. The number of benzene rings is 2. The molecule has 2 aliphatic heterocycles. The number of fused-ring (bicyclic) bond motifs is 2. The van der Waals surface area contributed by atoms with Crippen molar-refractivity contribution < 1.29 is 18.8 Å². The van der Waals surface area contributed by atoms with E-state index in [2.05, 4.69) is 25.4 Å². The van der Waals surface area contributed by atoms with Gasteiger partial charge in [0, 0.05) is 18.5 Å². The van der Waals surface area contributed by atoms with E-state index >= 15 is 0 Å². The van der Waals surface area contributed by atoms with Gasteiger partial charge in [-0.2, -0.15) is 4.98 Å². The van der Waals surface area contributed by atoms with Gasteiger partial charge >= 0.3 is 6.03 Å². The lowest BCUT2D eigenvalue weighted by Gasteiger charge is -2.32. The van der Waals surface area contributed by atoms with Crippen molar-refractivity contribution in [2.24, 2.45) is 0 Å². The summed E-state index contributed by atoms with van der Waals surface area (Å²) in [7, 11) is 0. The molecule has 0 aliphatic carbocycles. The Morgan fingerprint density at radius 2 is 2.03 bits per heavy atom. The minimum Gasteiger partial charge on any atom is -0.454 e. The Labute approximate surface area is 188 Å². The van der Waals surface area contributed by atoms with Crippen LogP contribution in [0.25, 0.3) is 11.4 Å². The number of hydrogen-bond donors (Lipinski definition) is 2. The molecular weight excluding hydrogens is 424 g/mol. The van der Waals surface area contributed by atoms with E-state index in [4.69, 9.17) is 14.0 Å². The van der Waals surface area contributed by atoms with E-state index in [1.54, 1.807) is 11.2 Å². The van der Waals surface area contributed by atoms with E-state index in [9.17, 15) is 4.79 Å². The molecule has 10 heteroatoms. The minimum absolute atomic E-state index is 0.192. The summed E-state index contributed by atoms with van der Waals surface area (Å²) in [6.45, 7) is 0.977. The fourth-order valence-electron chi connectivity index (χ4n) is 4.07. The van der Waals surface area contributed by atoms with E-state index in [0.717, 1.165) is 22.5 Å². The molecule has 0 spiro atoms. The summed E-state index contributed by atoms with van der Waals surface area (Å²) < 4.78 is 16.4. The standard InChI is InChI=1S/C23H20N6O4/c30-23(24-10-14-4-2-1-3-5-14)29-11-17-16(25-12-26-17)9-18(29)22-27-21(28-33-22)15-6-7-19-20(8-15)32-13-31-19/h1-8,12,18H,9-11,13H2,(H,24,30)(H,25,26). The van der Waals surface area contributed by atoms with Crippen LogP contribution in [0.3, 0.4) is 0 Å². The SMILES string of the molecule is O=C(NCc1ccccc1)N1Cc2[nH]cnc2CC1c1nc(-c2ccc3c(c2)OCO3)no1. The Hall–Kier alpha value is -4.34. The van der Waals surface area contributed by atoms with Crippen molar-refractivity contribution in [3.05, 3.63) is 77.7 Å². The monoisotopic (exact) mass is 444 g/mol. The summed E-state index contributed by atoms with van der Waals surface area (Å²) in [5.74, 6) is 2.09. The predicted molar refractivity (Wildman–Crippen MR) is 115 cm³/mol. The van der Waals surface area contributed by atoms with Crippen LogP contribution < -0.4 is 14.8 Å². The van der Waals surface area contributed by atoms with Crippen LogP contribution in [-0.4, -0.2) is 37.8 Å². The number of imidazole rings is 1. The maximum absolute atomic E-state index is 13.2. The second-order valence-corrected chi connectivity index (χ2v) is 7.84. The van der Waals surface area contributed by atoms with Gasteiger partial charge in [0.1, 0.15) is 6.04 Å². The van der Waals surface area contributed by atoms with Gasteiger partial charge in [-0.05, 0) is 23.8 Å². The lowest BCUT2D eigenvalue weighted by molar-refractivity contribution is 0.143. The van der Waals surface area contributed by atoms with Gasteiger partial charge in [-0.1, -0.05) is 35.5 Å². The quantitative estimate of drug-likeness (QED) is 0.496. The highest BCUT2D eigenvalue weighted by atomic mass is 16.7. The molecule has 2 aromatic heterocycles. The van der Waals surface area contributed by atoms with E-state index in [1.807, 2.05) is 48.5 Å². The van der Waals surface area contributed by atoms with Crippen LogP contribution in [0.2, 0.25) is 0 Å². The number of ether oxygens (including phenoxy) is 2. The summed E-state index contributed by atoms with van der Waals surface area (Å²) in [6, 6.07) is 14.6. The lowest BCUT2D eigenvalue weighted by Crippen LogP contribution is -2.44. The van der Waals surface area contributed by atoms with Crippen LogP contribution in [0.1, 0.15) is 28.9 Å². The van der Waals surface area contributed by atoms with E-state index in [-0.39, 0.29) is 12.8 Å². The number of nitrogens with zero attached hydrogens (tertiary/aromatic N) is 4. The van der Waals surface area contributed by atoms with Crippen molar-refractivity contribution in [2.45, 2.75) is 25.6 Å². The topological polar surface area (TPSA) is 118 Å². The molecule has 33 heavy (non-hydrogen) atoms. The van der Waals surface area contributed by atoms with Gasteiger partial charge in [0.2, 0.25) is 18.5 Å². The number of urea groups is 1. The molecule has 4 aromatic rings. The molecule has 1 unspecified atom stereocenters. The Balaban J connectivity index is 1.26. The first kappa shape index (κ1) is 19.4. The Morgan fingerprint density at radius 3 is 2.94 bits per heavy atom. The predicted octanol–water partition coefficient (Wildman–Crippen LogP) is 3.20. The highest BCUT2D eigenvalue weighted by molar-refractivity contribution is 5.75. The summed E-state index contributed by atoms with van der Waals surface area (Å²) in [4.78, 5) is 27.0. The Bertz CT molecular complexity index is 1300. The average molecular weight is 444 g/mol. The fraction of sp³-hybridized carbons (Fsp3) is 0.217. The van der Waals surface area contributed by atoms with Crippen LogP contribution in [0.15, 0.2) is 59.4 Å². The van der Waals surface area contributed by atoms with Crippen molar-refractivity contribution in [1.82, 2.24) is 30.3 Å². The zero-order valence-electron chi connectivity index (χ0n) is 17.5. The number of hydrogen-bond acceptors (Lipinski definition) is 7. The molecule has 2 N–H and O–H groups in total. The molecule has 2 amide bonds. The third-order valence-corrected chi connectivity index (χ3v) is 5.80. The Morgan fingerprint density at radius 1 is 1.15 bits per heavy atom. The van der Waals surface area contributed by atoms with Crippen LogP contribution in [-0.2, 0) is 19.5 Å². The van der Waals surface area contributed by atoms with E-state index < -0.39 is 6.04 Å². The summed E-state index contributed by atoms with van der Waals surface area (Å²) >= 11 is 0. The molecule has 2 aliphatic rings. The number of nitrogens with one attached hydrogen (secondary N) is 2. The van der Waals surface area contributed by atoms with Gasteiger partial charge in [0.15, 0.2) is 11.5 Å². The zero-order valence-corrected chi connectivity index (χ0v) is 17.5. The van der Waals surface area contributed by atoms with Gasteiger partial charge in [-0.3, -0.25) is 0 Å². The summed E-state index contributed by atoms with van der Waals surface area (Å²) in [6.07, 6.45) is 2.11. The lowest BCUT2D eigenvalue weighted by atomic mass is 10.0. The molecule has 0 bridgehead atoms. The third-order valence-electron chi connectivity index (χ3n) is 5.80. The van der Waals surface area contributed by atoms with Crippen LogP contribution in [0, 0.1) is 0 Å². The van der Waals surface area contributed by atoms with Gasteiger partial charge < -0.3 is 29.2 Å². The van der Waals surface area contributed by atoms with Crippen molar-refractivity contribution in [3.8, 4) is 22.9 Å². The number of carbonyl (C=O) groups excluding carboxylic acids is 1. The highest BCUT2D eigenvalue weighted by Crippen LogP contribution is 2.36. The molecule has 0 saturated heterocycles. The molecule has 0 saturated carbocycles. The van der Waals surface area contributed by atoms with Crippen molar-refractivity contribution in [1.29, 1.82) is 0 Å². The molecule has 166 valence electrons. The normalized spacial score (nSPS) is 16.5. The second-order valence-electron chi connectivity index (χ2n) is 7.84. The third kappa shape index (κ3) is 3.65. The highest BCUT2D eigenvalue weighted by Gasteiger charge is 2.36. The van der Waals surface area contributed by atoms with E-state index in [0.29, 0.717) is 42.7 Å². The smallest absolute Gasteiger partial charge is 0.318 e. The molecule has 0 radical (unpaired) electrons. The van der Waals surface area contributed by atoms with Gasteiger partial charge in [0.05, 0.1) is 24.3 Å². The van der Waals surface area contributed by atoms with Gasteiger partial charge in [-0.25, -0.2) is 9.78 Å². The summed E-state index contributed by atoms with van der Waals surface area (Å²) in [5.41, 5.74) is 3.54. The molecule has 2 aromatic carbocycles. The first-order chi connectivity index (χ1) is 16.2. The number of carbonyl (C=O) groups is 1. The number of aromatic nitrogens is 4. The van der Waals surface area contributed by atoms with E-state index in [1.165, 1.54) is 0 Å². The minimum atomic E-state index is -0.438. The Kier molecular flexibility index (Phi) is 4.68. The number of rotatable bonds is 4. The number of aromatic amines is 1. The van der Waals surface area contributed by atoms with Crippen LogP contribution >= 0.6 is 0 Å². The summed E-state index contributed by atoms with van der Waals surface area (Å²) in [5, 5.41) is 7.14. The maximum Gasteiger partial charge on any atom is 0.318 e. The fourth-order valence-corrected chi connectivity index (χ4v) is 4.07. The number of amides is 2. The maximum atomic E-state index is 13.2. The first-order valence-electron chi connectivity index (χ1n) is 10.6. The van der Waals surface area contributed by atoms with Crippen molar-refractivity contribution in [2.75, 3.05) is 6.79 Å². The zero-order chi connectivity index (χ0) is 22.2. The van der Waals surface area contributed by atoms with Crippen molar-refractivity contribution >= 4 is 6.03 Å². The largest absolute Gasteiger partial charge is 0.454 e. The first-order valence-corrected chi connectivity index (χ1v) is 10.6. The second kappa shape index (κ2) is 7.97.